The first kappa shape index (κ1) is 19.7. The van der Waals surface area contributed by atoms with E-state index in [0.29, 0.717) is 10.8 Å². The van der Waals surface area contributed by atoms with Crippen molar-refractivity contribution in [1.82, 2.24) is 4.98 Å². The summed E-state index contributed by atoms with van der Waals surface area (Å²) in [6.45, 7) is 5.40. The largest absolute Gasteiger partial charge is 0.456 e. The maximum absolute atomic E-state index is 13.2. The lowest BCUT2D eigenvalue weighted by atomic mass is 10.1. The number of benzene rings is 2. The minimum atomic E-state index is -0.633. The molecule has 0 bridgehead atoms. The summed E-state index contributed by atoms with van der Waals surface area (Å²) >= 11 is 1.28. The van der Waals surface area contributed by atoms with Crippen LogP contribution >= 0.6 is 11.3 Å². The van der Waals surface area contributed by atoms with Gasteiger partial charge in [0.15, 0.2) is 5.13 Å². The second kappa shape index (κ2) is 8.31. The molecule has 144 valence electrons. The van der Waals surface area contributed by atoms with Crippen LogP contribution in [-0.2, 0) is 16.1 Å². The van der Waals surface area contributed by atoms with Gasteiger partial charge in [-0.2, -0.15) is 0 Å². The molecule has 0 spiro atoms. The highest BCUT2D eigenvalue weighted by Crippen LogP contribution is 2.30. The van der Waals surface area contributed by atoms with Crippen molar-refractivity contribution < 1.29 is 18.7 Å². The zero-order chi connectivity index (χ0) is 20.3. The van der Waals surface area contributed by atoms with Gasteiger partial charge in [-0.15, -0.1) is 11.3 Å². The summed E-state index contributed by atoms with van der Waals surface area (Å²) in [5, 5.41) is 2.22. The molecule has 0 aliphatic rings. The number of amides is 1. The fraction of sp³-hybridized carbons (Fsp3) is 0.190. The van der Waals surface area contributed by atoms with Gasteiger partial charge in [0.1, 0.15) is 12.4 Å². The SMILES string of the molecule is CC(=O)N(c1ccc(C)c(C)c1)c1nc(COC(=O)c2cccc(F)c2)cs1. The summed E-state index contributed by atoms with van der Waals surface area (Å²) in [6, 6.07) is 11.1. The Bertz CT molecular complexity index is 1030. The van der Waals surface area contributed by atoms with E-state index in [0.717, 1.165) is 22.9 Å². The summed E-state index contributed by atoms with van der Waals surface area (Å²) in [4.78, 5) is 30.2. The van der Waals surface area contributed by atoms with Crippen LogP contribution < -0.4 is 4.90 Å². The molecule has 5 nitrogen and oxygen atoms in total. The molecule has 7 heteroatoms. The van der Waals surface area contributed by atoms with Crippen LogP contribution in [0.3, 0.4) is 0 Å². The molecule has 0 unspecified atom stereocenters. The summed E-state index contributed by atoms with van der Waals surface area (Å²) in [7, 11) is 0. The number of rotatable bonds is 5. The van der Waals surface area contributed by atoms with Gasteiger partial charge in [0.25, 0.3) is 0 Å². The van der Waals surface area contributed by atoms with Gasteiger partial charge in [-0.1, -0.05) is 12.1 Å². The van der Waals surface area contributed by atoms with Gasteiger partial charge < -0.3 is 4.74 Å². The second-order valence-electron chi connectivity index (χ2n) is 6.33. The average molecular weight is 398 g/mol. The molecule has 0 radical (unpaired) electrons. The van der Waals surface area contributed by atoms with Gasteiger partial charge in [0.05, 0.1) is 16.9 Å². The lowest BCUT2D eigenvalue weighted by Crippen LogP contribution is -2.22. The summed E-state index contributed by atoms with van der Waals surface area (Å²) in [5.74, 6) is -1.30. The van der Waals surface area contributed by atoms with E-state index in [1.54, 1.807) is 5.38 Å². The number of halogens is 1. The Morgan fingerprint density at radius 3 is 2.61 bits per heavy atom. The van der Waals surface area contributed by atoms with Crippen LogP contribution in [0, 0.1) is 19.7 Å². The summed E-state index contributed by atoms with van der Waals surface area (Å²) in [6.07, 6.45) is 0. The fourth-order valence-corrected chi connectivity index (χ4v) is 3.47. The highest BCUT2D eigenvalue weighted by molar-refractivity contribution is 7.14. The normalized spacial score (nSPS) is 10.6. The molecular formula is C21H19FN2O3S. The standard InChI is InChI=1S/C21H19FN2O3S/c1-13-7-8-19(9-14(13)2)24(15(3)25)21-23-18(12-28-21)11-27-20(26)16-5-4-6-17(22)10-16/h4-10,12H,11H2,1-3H3. The molecule has 2 aromatic carbocycles. The predicted molar refractivity (Wildman–Crippen MR) is 106 cm³/mol. The van der Waals surface area contributed by atoms with Gasteiger partial charge in [-0.05, 0) is 55.3 Å². The molecule has 1 amide bonds. The number of hydrogen-bond acceptors (Lipinski definition) is 5. The Morgan fingerprint density at radius 2 is 1.93 bits per heavy atom. The summed E-state index contributed by atoms with van der Waals surface area (Å²) in [5.41, 5.74) is 3.59. The topological polar surface area (TPSA) is 59.5 Å². The highest BCUT2D eigenvalue weighted by Gasteiger charge is 2.19. The van der Waals surface area contributed by atoms with E-state index in [1.807, 2.05) is 32.0 Å². The minimum Gasteiger partial charge on any atom is -0.456 e. The highest BCUT2D eigenvalue weighted by atomic mass is 32.1. The molecule has 28 heavy (non-hydrogen) atoms. The van der Waals surface area contributed by atoms with Crippen LogP contribution in [0.1, 0.15) is 34.1 Å². The van der Waals surface area contributed by atoms with Crippen molar-refractivity contribution in [3.63, 3.8) is 0 Å². The maximum atomic E-state index is 13.2. The van der Waals surface area contributed by atoms with Crippen molar-refractivity contribution in [2.24, 2.45) is 0 Å². The van der Waals surface area contributed by atoms with Crippen LogP contribution in [0.25, 0.3) is 0 Å². The monoisotopic (exact) mass is 398 g/mol. The molecule has 1 heterocycles. The lowest BCUT2D eigenvalue weighted by Gasteiger charge is -2.19. The summed E-state index contributed by atoms with van der Waals surface area (Å²) < 4.78 is 18.4. The number of aryl methyl sites for hydroxylation is 2. The Morgan fingerprint density at radius 1 is 1.14 bits per heavy atom. The van der Waals surface area contributed by atoms with Gasteiger partial charge >= 0.3 is 5.97 Å². The lowest BCUT2D eigenvalue weighted by molar-refractivity contribution is -0.115. The van der Waals surface area contributed by atoms with Crippen LogP contribution in [-0.4, -0.2) is 16.9 Å². The zero-order valence-corrected chi connectivity index (χ0v) is 16.5. The average Bonchev–Trinajstić information content (AvgIpc) is 3.11. The third-order valence-electron chi connectivity index (χ3n) is 4.21. The first-order valence-corrected chi connectivity index (χ1v) is 9.48. The van der Waals surface area contributed by atoms with E-state index in [-0.39, 0.29) is 18.1 Å². The van der Waals surface area contributed by atoms with Crippen LogP contribution in [0.15, 0.2) is 47.8 Å². The molecule has 0 aliphatic heterocycles. The second-order valence-corrected chi connectivity index (χ2v) is 7.17. The van der Waals surface area contributed by atoms with Crippen molar-refractivity contribution in [2.45, 2.75) is 27.4 Å². The number of anilines is 2. The number of nitrogens with zero attached hydrogens (tertiary/aromatic N) is 2. The number of ether oxygens (including phenoxy) is 1. The molecule has 1 aromatic heterocycles. The van der Waals surface area contributed by atoms with E-state index in [9.17, 15) is 14.0 Å². The number of carbonyl (C=O) groups is 2. The Labute approximate surface area is 166 Å². The van der Waals surface area contributed by atoms with Gasteiger partial charge in [-0.3, -0.25) is 9.69 Å². The fourth-order valence-electron chi connectivity index (χ4n) is 2.60. The smallest absolute Gasteiger partial charge is 0.338 e. The van der Waals surface area contributed by atoms with Crippen LogP contribution in [0.4, 0.5) is 15.2 Å². The molecule has 0 saturated carbocycles. The number of esters is 1. The first-order chi connectivity index (χ1) is 13.3. The van der Waals surface area contributed by atoms with E-state index in [1.165, 1.54) is 41.4 Å². The Balaban J connectivity index is 1.75. The molecule has 0 atom stereocenters. The zero-order valence-electron chi connectivity index (χ0n) is 15.7. The van der Waals surface area contributed by atoms with Crippen molar-refractivity contribution >= 4 is 34.0 Å². The van der Waals surface area contributed by atoms with Gasteiger partial charge in [0.2, 0.25) is 5.91 Å². The molecule has 0 aliphatic carbocycles. The van der Waals surface area contributed by atoms with Gasteiger partial charge in [0, 0.05) is 12.3 Å². The molecular weight excluding hydrogens is 379 g/mol. The quantitative estimate of drug-likeness (QED) is 0.571. The number of hydrogen-bond donors (Lipinski definition) is 0. The third kappa shape index (κ3) is 4.43. The Hall–Kier alpha value is -3.06. The van der Waals surface area contributed by atoms with Crippen molar-refractivity contribution in [3.8, 4) is 0 Å². The van der Waals surface area contributed by atoms with E-state index >= 15 is 0 Å². The van der Waals surface area contributed by atoms with Crippen molar-refractivity contribution in [2.75, 3.05) is 4.90 Å². The predicted octanol–water partition coefficient (Wildman–Crippen LogP) is 4.94. The van der Waals surface area contributed by atoms with E-state index in [4.69, 9.17) is 4.74 Å². The van der Waals surface area contributed by atoms with Gasteiger partial charge in [-0.25, -0.2) is 14.2 Å². The van der Waals surface area contributed by atoms with E-state index in [2.05, 4.69) is 4.98 Å². The molecule has 3 rings (SSSR count). The maximum Gasteiger partial charge on any atom is 0.338 e. The van der Waals surface area contributed by atoms with E-state index < -0.39 is 11.8 Å². The van der Waals surface area contributed by atoms with Crippen molar-refractivity contribution in [3.05, 3.63) is 76.0 Å². The van der Waals surface area contributed by atoms with Crippen molar-refractivity contribution in [1.29, 1.82) is 0 Å². The number of carbonyl (C=O) groups excluding carboxylic acids is 2. The number of aromatic nitrogens is 1. The minimum absolute atomic E-state index is 0.0650. The number of thiazole rings is 1. The molecule has 3 aromatic rings. The first-order valence-electron chi connectivity index (χ1n) is 8.60. The Kier molecular flexibility index (Phi) is 5.84. The molecule has 0 fully saturated rings. The molecule has 0 saturated heterocycles. The third-order valence-corrected chi connectivity index (χ3v) is 5.08. The van der Waals surface area contributed by atoms with Crippen LogP contribution in [0.2, 0.25) is 0 Å². The molecule has 0 N–H and O–H groups in total. The van der Waals surface area contributed by atoms with Crippen LogP contribution in [0.5, 0.6) is 0 Å².